The van der Waals surface area contributed by atoms with Crippen LogP contribution in [0.4, 0.5) is 0 Å². The molecule has 0 spiro atoms. The van der Waals surface area contributed by atoms with Crippen molar-refractivity contribution in [2.45, 2.75) is 58.1 Å². The van der Waals surface area contributed by atoms with Crippen LogP contribution < -0.4 is 5.32 Å². The van der Waals surface area contributed by atoms with E-state index in [-0.39, 0.29) is 6.04 Å². The first-order chi connectivity index (χ1) is 9.70. The third-order valence-corrected chi connectivity index (χ3v) is 5.73. The van der Waals surface area contributed by atoms with Crippen molar-refractivity contribution in [3.63, 3.8) is 0 Å². The Morgan fingerprint density at radius 3 is 2.33 bits per heavy atom. The monoisotopic (exact) mass is 332 g/mol. The van der Waals surface area contributed by atoms with Gasteiger partial charge in [0.25, 0.3) is 0 Å². The number of nitrogens with one attached hydrogen (secondary N) is 1. The summed E-state index contributed by atoms with van der Waals surface area (Å²) in [6, 6.07) is 5.12. The minimum atomic E-state index is -3.48. The smallest absolute Gasteiger partial charge is 0.243 e. The lowest BCUT2D eigenvalue weighted by Crippen LogP contribution is -2.36. The van der Waals surface area contributed by atoms with Crippen molar-refractivity contribution in [1.29, 1.82) is 0 Å². The molecule has 0 aliphatic rings. The summed E-state index contributed by atoms with van der Waals surface area (Å²) in [6.07, 6.45) is 0. The maximum absolute atomic E-state index is 12.7. The van der Waals surface area contributed by atoms with E-state index in [0.717, 1.165) is 5.56 Å². The van der Waals surface area contributed by atoms with Gasteiger partial charge in [-0.15, -0.1) is 0 Å². The van der Waals surface area contributed by atoms with E-state index >= 15 is 0 Å². The molecule has 0 unspecified atom stereocenters. The SMILES string of the molecule is CCN(C(C)C)S(=O)(=O)c1ccc(Cl)c(CNC(C)C)c1. The van der Waals surface area contributed by atoms with E-state index in [9.17, 15) is 8.42 Å². The highest BCUT2D eigenvalue weighted by atomic mass is 35.5. The average Bonchev–Trinajstić information content (AvgIpc) is 2.37. The molecule has 120 valence electrons. The van der Waals surface area contributed by atoms with Crippen molar-refractivity contribution in [2.24, 2.45) is 0 Å². The highest BCUT2D eigenvalue weighted by Gasteiger charge is 2.26. The van der Waals surface area contributed by atoms with Crippen LogP contribution in [0, 0.1) is 0 Å². The summed E-state index contributed by atoms with van der Waals surface area (Å²) >= 11 is 6.16. The van der Waals surface area contributed by atoms with Crippen LogP contribution in [-0.4, -0.2) is 31.4 Å². The molecule has 0 bridgehead atoms. The lowest BCUT2D eigenvalue weighted by Gasteiger charge is -2.24. The zero-order valence-electron chi connectivity index (χ0n) is 13.4. The maximum atomic E-state index is 12.7. The van der Waals surface area contributed by atoms with E-state index < -0.39 is 10.0 Å². The molecule has 1 rings (SSSR count). The lowest BCUT2D eigenvalue weighted by molar-refractivity contribution is 0.369. The number of benzene rings is 1. The summed E-state index contributed by atoms with van der Waals surface area (Å²) in [7, 11) is -3.48. The molecule has 0 amide bonds. The molecule has 0 radical (unpaired) electrons. The summed E-state index contributed by atoms with van der Waals surface area (Å²) in [6.45, 7) is 10.7. The highest BCUT2D eigenvalue weighted by molar-refractivity contribution is 7.89. The van der Waals surface area contributed by atoms with Gasteiger partial charge in [-0.3, -0.25) is 0 Å². The van der Waals surface area contributed by atoms with Gasteiger partial charge in [-0.1, -0.05) is 32.4 Å². The van der Waals surface area contributed by atoms with Gasteiger partial charge in [0.05, 0.1) is 4.90 Å². The fourth-order valence-corrected chi connectivity index (χ4v) is 3.99. The maximum Gasteiger partial charge on any atom is 0.243 e. The van der Waals surface area contributed by atoms with Crippen LogP contribution in [0.5, 0.6) is 0 Å². The molecule has 0 aromatic heterocycles. The van der Waals surface area contributed by atoms with E-state index in [2.05, 4.69) is 5.32 Å². The van der Waals surface area contributed by atoms with Gasteiger partial charge >= 0.3 is 0 Å². The first-order valence-electron chi connectivity index (χ1n) is 7.23. The summed E-state index contributed by atoms with van der Waals surface area (Å²) in [5, 5.41) is 3.83. The molecule has 0 heterocycles. The predicted molar refractivity (Wildman–Crippen MR) is 88.1 cm³/mol. The number of rotatable bonds is 7. The van der Waals surface area contributed by atoms with Crippen molar-refractivity contribution >= 4 is 21.6 Å². The Morgan fingerprint density at radius 1 is 1.24 bits per heavy atom. The fourth-order valence-electron chi connectivity index (χ4n) is 2.11. The second-order valence-corrected chi connectivity index (χ2v) is 7.89. The largest absolute Gasteiger partial charge is 0.310 e. The normalized spacial score (nSPS) is 12.6. The number of hydrogen-bond donors (Lipinski definition) is 1. The van der Waals surface area contributed by atoms with Crippen LogP contribution in [0.2, 0.25) is 5.02 Å². The summed E-state index contributed by atoms with van der Waals surface area (Å²) < 4.78 is 26.8. The van der Waals surface area contributed by atoms with Crippen molar-refractivity contribution < 1.29 is 8.42 Å². The second kappa shape index (κ2) is 7.58. The van der Waals surface area contributed by atoms with Gasteiger partial charge in [0.2, 0.25) is 10.0 Å². The molecule has 1 N–H and O–H groups in total. The number of hydrogen-bond acceptors (Lipinski definition) is 3. The zero-order valence-corrected chi connectivity index (χ0v) is 14.9. The molecule has 6 heteroatoms. The Kier molecular flexibility index (Phi) is 6.66. The Labute approximate surface area is 133 Å². The van der Waals surface area contributed by atoms with Gasteiger partial charge in [-0.25, -0.2) is 8.42 Å². The number of nitrogens with zero attached hydrogens (tertiary/aromatic N) is 1. The van der Waals surface area contributed by atoms with Gasteiger partial charge in [-0.2, -0.15) is 4.31 Å². The third kappa shape index (κ3) is 4.68. The van der Waals surface area contributed by atoms with Crippen molar-refractivity contribution in [1.82, 2.24) is 9.62 Å². The first kappa shape index (κ1) is 18.4. The second-order valence-electron chi connectivity index (χ2n) is 5.59. The minimum absolute atomic E-state index is 0.0760. The fraction of sp³-hybridized carbons (Fsp3) is 0.600. The predicted octanol–water partition coefficient (Wildman–Crippen LogP) is 3.26. The Balaban J connectivity index is 3.16. The van der Waals surface area contributed by atoms with Crippen molar-refractivity contribution in [3.05, 3.63) is 28.8 Å². The average molecular weight is 333 g/mol. The van der Waals surface area contributed by atoms with Crippen LogP contribution in [0.3, 0.4) is 0 Å². The van der Waals surface area contributed by atoms with E-state index in [1.54, 1.807) is 18.2 Å². The van der Waals surface area contributed by atoms with E-state index in [4.69, 9.17) is 11.6 Å². The van der Waals surface area contributed by atoms with Crippen LogP contribution in [-0.2, 0) is 16.6 Å². The molecule has 4 nitrogen and oxygen atoms in total. The van der Waals surface area contributed by atoms with Crippen LogP contribution in [0.15, 0.2) is 23.1 Å². The van der Waals surface area contributed by atoms with Gasteiger partial charge in [0.15, 0.2) is 0 Å². The molecule has 0 saturated carbocycles. The van der Waals surface area contributed by atoms with Gasteiger partial charge in [0, 0.05) is 30.2 Å². The summed E-state index contributed by atoms with van der Waals surface area (Å²) in [5.41, 5.74) is 0.797. The molecular formula is C15H25ClN2O2S. The molecule has 21 heavy (non-hydrogen) atoms. The molecule has 0 fully saturated rings. The topological polar surface area (TPSA) is 49.4 Å². The van der Waals surface area contributed by atoms with Crippen molar-refractivity contribution in [3.8, 4) is 0 Å². The van der Waals surface area contributed by atoms with Crippen molar-refractivity contribution in [2.75, 3.05) is 6.54 Å². The Bertz CT molecular complexity index is 571. The van der Waals surface area contributed by atoms with Crippen LogP contribution in [0.1, 0.15) is 40.2 Å². The van der Waals surface area contributed by atoms with Gasteiger partial charge in [-0.05, 0) is 37.6 Å². The quantitative estimate of drug-likeness (QED) is 0.833. The highest BCUT2D eigenvalue weighted by Crippen LogP contribution is 2.24. The molecule has 1 aromatic rings. The Hall–Kier alpha value is -0.620. The van der Waals surface area contributed by atoms with Crippen LogP contribution in [0.25, 0.3) is 0 Å². The molecule has 0 aliphatic carbocycles. The summed E-state index contributed by atoms with van der Waals surface area (Å²) in [5.74, 6) is 0. The molecular weight excluding hydrogens is 308 g/mol. The molecule has 1 aromatic carbocycles. The van der Waals surface area contributed by atoms with Gasteiger partial charge < -0.3 is 5.32 Å². The Morgan fingerprint density at radius 2 is 1.86 bits per heavy atom. The molecule has 0 saturated heterocycles. The third-order valence-electron chi connectivity index (χ3n) is 3.21. The van der Waals surface area contributed by atoms with Crippen LogP contribution >= 0.6 is 11.6 Å². The lowest BCUT2D eigenvalue weighted by atomic mass is 10.2. The van der Waals surface area contributed by atoms with Gasteiger partial charge in [0.1, 0.15) is 0 Å². The number of sulfonamides is 1. The van der Waals surface area contributed by atoms with E-state index in [1.807, 2.05) is 34.6 Å². The van der Waals surface area contributed by atoms with E-state index in [0.29, 0.717) is 29.0 Å². The first-order valence-corrected chi connectivity index (χ1v) is 9.05. The number of halogens is 1. The molecule has 0 aliphatic heterocycles. The standard InChI is InChI=1S/C15H25ClN2O2S/c1-6-18(12(4)5)21(19,20)14-7-8-15(16)13(9-14)10-17-11(2)3/h7-9,11-12,17H,6,10H2,1-5H3. The summed E-state index contributed by atoms with van der Waals surface area (Å²) in [4.78, 5) is 0.294. The minimum Gasteiger partial charge on any atom is -0.310 e. The molecule has 0 atom stereocenters. The van der Waals surface area contributed by atoms with E-state index in [1.165, 1.54) is 4.31 Å². The zero-order chi connectivity index (χ0) is 16.2.